The Labute approximate surface area is 79.4 Å². The summed E-state index contributed by atoms with van der Waals surface area (Å²) in [6.07, 6.45) is 5.19. The second kappa shape index (κ2) is 3.95. The molecule has 2 unspecified atom stereocenters. The summed E-state index contributed by atoms with van der Waals surface area (Å²) in [7, 11) is 0. The van der Waals surface area contributed by atoms with Gasteiger partial charge in [-0.15, -0.1) is 0 Å². The molecule has 2 fully saturated rings. The minimum atomic E-state index is -0.0668. The molecule has 0 aromatic rings. The highest BCUT2D eigenvalue weighted by Gasteiger charge is 2.39. The largest absolute Gasteiger partial charge is 0.396 e. The molecule has 2 aliphatic heterocycles. The minimum absolute atomic E-state index is 0.0668. The second-order valence-electron chi connectivity index (χ2n) is 4.33. The average molecular weight is 185 g/mol. The maximum absolute atomic E-state index is 9.56. The summed E-state index contributed by atoms with van der Waals surface area (Å²) >= 11 is 0. The Balaban J connectivity index is 1.90. The molecule has 0 spiro atoms. The van der Waals surface area contributed by atoms with E-state index in [1.165, 1.54) is 12.8 Å². The van der Waals surface area contributed by atoms with Crippen molar-refractivity contribution in [3.8, 4) is 0 Å². The third kappa shape index (κ3) is 1.87. The van der Waals surface area contributed by atoms with Crippen molar-refractivity contribution >= 4 is 0 Å². The molecule has 0 saturated carbocycles. The van der Waals surface area contributed by atoms with Crippen LogP contribution in [0, 0.1) is 0 Å². The third-order valence-electron chi connectivity index (χ3n) is 3.43. The van der Waals surface area contributed by atoms with Gasteiger partial charge in [-0.25, -0.2) is 0 Å². The van der Waals surface area contributed by atoms with Crippen molar-refractivity contribution in [2.24, 2.45) is 0 Å². The van der Waals surface area contributed by atoms with E-state index >= 15 is 0 Å². The highest BCUT2D eigenvalue weighted by Crippen LogP contribution is 2.35. The minimum Gasteiger partial charge on any atom is -0.396 e. The average Bonchev–Trinajstić information content (AvgIpc) is 2.33. The lowest BCUT2D eigenvalue weighted by Gasteiger charge is -2.37. The molecule has 3 heteroatoms. The van der Waals surface area contributed by atoms with E-state index in [0.29, 0.717) is 18.7 Å². The molecule has 0 aliphatic carbocycles. The molecule has 2 heterocycles. The van der Waals surface area contributed by atoms with Gasteiger partial charge in [0.1, 0.15) is 0 Å². The van der Waals surface area contributed by atoms with Gasteiger partial charge in [0.2, 0.25) is 0 Å². The van der Waals surface area contributed by atoms with Crippen LogP contribution in [0.25, 0.3) is 0 Å². The molecule has 0 radical (unpaired) electrons. The Kier molecular flexibility index (Phi) is 2.86. The van der Waals surface area contributed by atoms with Crippen LogP contribution in [0.15, 0.2) is 0 Å². The lowest BCUT2D eigenvalue weighted by molar-refractivity contribution is 0.0326. The molecule has 0 amide bonds. The maximum atomic E-state index is 9.56. The SMILES string of the molecule is OCCCN1C2CCC1CC(O)C2. The molecule has 2 bridgehead atoms. The summed E-state index contributed by atoms with van der Waals surface area (Å²) in [6.45, 7) is 1.30. The molecule has 2 N–H and O–H groups in total. The van der Waals surface area contributed by atoms with Crippen LogP contribution in [0.5, 0.6) is 0 Å². The van der Waals surface area contributed by atoms with Crippen LogP contribution >= 0.6 is 0 Å². The first-order valence-corrected chi connectivity index (χ1v) is 5.36. The Hall–Kier alpha value is -0.120. The van der Waals surface area contributed by atoms with Crippen LogP contribution in [-0.4, -0.2) is 46.5 Å². The summed E-state index contributed by atoms with van der Waals surface area (Å²) in [5.74, 6) is 0. The Morgan fingerprint density at radius 1 is 1.15 bits per heavy atom. The predicted octanol–water partition coefficient (Wildman–Crippen LogP) is 0.356. The molecule has 0 aromatic carbocycles. The Bertz CT molecular complexity index is 160. The van der Waals surface area contributed by atoms with E-state index in [4.69, 9.17) is 5.11 Å². The Morgan fingerprint density at radius 2 is 1.77 bits per heavy atom. The summed E-state index contributed by atoms with van der Waals surface area (Å²) < 4.78 is 0. The van der Waals surface area contributed by atoms with Gasteiger partial charge < -0.3 is 10.2 Å². The highest BCUT2D eigenvalue weighted by molar-refractivity contribution is 4.94. The number of piperidine rings is 1. The van der Waals surface area contributed by atoms with Crippen LogP contribution in [0.4, 0.5) is 0 Å². The quantitative estimate of drug-likeness (QED) is 0.667. The first kappa shape index (κ1) is 9.44. The monoisotopic (exact) mass is 185 g/mol. The smallest absolute Gasteiger partial charge is 0.0570 e. The molecule has 2 rings (SSSR count). The topological polar surface area (TPSA) is 43.7 Å². The number of nitrogens with zero attached hydrogens (tertiary/aromatic N) is 1. The van der Waals surface area contributed by atoms with E-state index in [0.717, 1.165) is 25.8 Å². The standard InChI is InChI=1S/C10H19NO2/c12-5-1-4-11-8-2-3-9(11)7-10(13)6-8/h8-10,12-13H,1-7H2. The van der Waals surface area contributed by atoms with E-state index in [-0.39, 0.29) is 6.10 Å². The number of rotatable bonds is 3. The molecule has 0 aromatic heterocycles. The van der Waals surface area contributed by atoms with Crippen molar-refractivity contribution in [3.63, 3.8) is 0 Å². The van der Waals surface area contributed by atoms with Crippen molar-refractivity contribution in [2.75, 3.05) is 13.2 Å². The lowest BCUT2D eigenvalue weighted by Crippen LogP contribution is -2.45. The molecule has 13 heavy (non-hydrogen) atoms. The molecular weight excluding hydrogens is 166 g/mol. The molecule has 2 atom stereocenters. The zero-order valence-electron chi connectivity index (χ0n) is 8.02. The molecule has 2 saturated heterocycles. The molecular formula is C10H19NO2. The van der Waals surface area contributed by atoms with Crippen molar-refractivity contribution in [3.05, 3.63) is 0 Å². The van der Waals surface area contributed by atoms with Gasteiger partial charge >= 0.3 is 0 Å². The highest BCUT2D eigenvalue weighted by atomic mass is 16.3. The fourth-order valence-corrected chi connectivity index (χ4v) is 2.86. The van der Waals surface area contributed by atoms with Crippen molar-refractivity contribution < 1.29 is 10.2 Å². The number of fused-ring (bicyclic) bond motifs is 2. The van der Waals surface area contributed by atoms with Crippen molar-refractivity contribution in [1.29, 1.82) is 0 Å². The summed E-state index contributed by atoms with van der Waals surface area (Å²) in [6, 6.07) is 1.19. The van der Waals surface area contributed by atoms with E-state index in [1.54, 1.807) is 0 Å². The molecule has 76 valence electrons. The van der Waals surface area contributed by atoms with Crippen LogP contribution in [0.1, 0.15) is 32.1 Å². The van der Waals surface area contributed by atoms with E-state index in [9.17, 15) is 5.11 Å². The number of hydrogen-bond donors (Lipinski definition) is 2. The maximum Gasteiger partial charge on any atom is 0.0570 e. The number of aliphatic hydroxyl groups excluding tert-OH is 2. The van der Waals surface area contributed by atoms with E-state index in [1.807, 2.05) is 0 Å². The van der Waals surface area contributed by atoms with Crippen molar-refractivity contribution in [1.82, 2.24) is 4.90 Å². The van der Waals surface area contributed by atoms with Crippen LogP contribution in [-0.2, 0) is 0 Å². The normalized spacial score (nSPS) is 39.7. The molecule has 2 aliphatic rings. The van der Waals surface area contributed by atoms with Crippen molar-refractivity contribution in [2.45, 2.75) is 50.3 Å². The second-order valence-corrected chi connectivity index (χ2v) is 4.33. The van der Waals surface area contributed by atoms with E-state index in [2.05, 4.69) is 4.90 Å². The van der Waals surface area contributed by atoms with E-state index < -0.39 is 0 Å². The van der Waals surface area contributed by atoms with Gasteiger partial charge in [0, 0.05) is 25.2 Å². The summed E-state index contributed by atoms with van der Waals surface area (Å²) in [5, 5.41) is 18.3. The molecule has 3 nitrogen and oxygen atoms in total. The van der Waals surface area contributed by atoms with Gasteiger partial charge in [-0.05, 0) is 32.1 Å². The van der Waals surface area contributed by atoms with Gasteiger partial charge in [-0.1, -0.05) is 0 Å². The van der Waals surface area contributed by atoms with Gasteiger partial charge in [-0.3, -0.25) is 4.90 Å². The van der Waals surface area contributed by atoms with Gasteiger partial charge in [0.25, 0.3) is 0 Å². The zero-order valence-corrected chi connectivity index (χ0v) is 8.02. The fraction of sp³-hybridized carbons (Fsp3) is 1.00. The van der Waals surface area contributed by atoms with Gasteiger partial charge in [0.15, 0.2) is 0 Å². The van der Waals surface area contributed by atoms with Gasteiger partial charge in [-0.2, -0.15) is 0 Å². The number of aliphatic hydroxyl groups is 2. The fourth-order valence-electron chi connectivity index (χ4n) is 2.86. The summed E-state index contributed by atoms with van der Waals surface area (Å²) in [4.78, 5) is 2.49. The first-order valence-electron chi connectivity index (χ1n) is 5.36. The third-order valence-corrected chi connectivity index (χ3v) is 3.43. The van der Waals surface area contributed by atoms with Crippen LogP contribution in [0.3, 0.4) is 0 Å². The van der Waals surface area contributed by atoms with Gasteiger partial charge in [0.05, 0.1) is 6.10 Å². The number of hydrogen-bond acceptors (Lipinski definition) is 3. The summed E-state index contributed by atoms with van der Waals surface area (Å²) in [5.41, 5.74) is 0. The first-order chi connectivity index (χ1) is 6.31. The predicted molar refractivity (Wildman–Crippen MR) is 50.5 cm³/mol. The Morgan fingerprint density at radius 3 is 2.31 bits per heavy atom. The zero-order chi connectivity index (χ0) is 9.26. The van der Waals surface area contributed by atoms with Crippen LogP contribution < -0.4 is 0 Å². The lowest BCUT2D eigenvalue weighted by atomic mass is 10.00. The van der Waals surface area contributed by atoms with Crippen LogP contribution in [0.2, 0.25) is 0 Å².